The van der Waals surface area contributed by atoms with Gasteiger partial charge in [-0.25, -0.2) is 14.2 Å². The highest BCUT2D eigenvalue weighted by atomic mass is 32.2. The normalized spacial score (nSPS) is 13.4. The van der Waals surface area contributed by atoms with Crippen molar-refractivity contribution in [1.29, 1.82) is 0 Å². The summed E-state index contributed by atoms with van der Waals surface area (Å²) in [5.41, 5.74) is 1.92. The number of fused-ring (bicyclic) bond motifs is 1. The lowest BCUT2D eigenvalue weighted by Gasteiger charge is -2.14. The van der Waals surface area contributed by atoms with E-state index in [2.05, 4.69) is 24.9 Å². The Balaban J connectivity index is 1.85. The minimum atomic E-state index is -0.822. The summed E-state index contributed by atoms with van der Waals surface area (Å²) in [4.78, 5) is 24.7. The van der Waals surface area contributed by atoms with Gasteiger partial charge in [0.2, 0.25) is 11.7 Å². The highest BCUT2D eigenvalue weighted by Crippen LogP contribution is 2.40. The van der Waals surface area contributed by atoms with Crippen molar-refractivity contribution in [2.24, 2.45) is 9.98 Å². The second-order valence-corrected chi connectivity index (χ2v) is 7.88. The van der Waals surface area contributed by atoms with E-state index in [0.717, 1.165) is 17.3 Å². The van der Waals surface area contributed by atoms with Crippen molar-refractivity contribution in [2.45, 2.75) is 13.3 Å². The summed E-state index contributed by atoms with van der Waals surface area (Å²) in [6.45, 7) is 2.05. The van der Waals surface area contributed by atoms with Crippen LogP contribution in [0, 0.1) is 12.7 Å². The molecule has 1 aliphatic rings. The number of hydrogen-bond acceptors (Lipinski definition) is 9. The first-order valence-electron chi connectivity index (χ1n) is 10.2. The number of benzene rings is 2. The van der Waals surface area contributed by atoms with Crippen LogP contribution in [0.1, 0.15) is 17.0 Å². The number of aryl methyl sites for hydroxylation is 1. The Bertz CT molecular complexity index is 1290. The fourth-order valence-corrected chi connectivity index (χ4v) is 3.92. The molecule has 0 saturated carbocycles. The van der Waals surface area contributed by atoms with Crippen LogP contribution in [0.25, 0.3) is 11.4 Å². The van der Waals surface area contributed by atoms with Gasteiger partial charge in [0, 0.05) is 30.0 Å². The van der Waals surface area contributed by atoms with Crippen molar-refractivity contribution in [3.05, 3.63) is 53.2 Å². The molecule has 0 aliphatic carbocycles. The lowest BCUT2D eigenvalue weighted by Crippen LogP contribution is -2.17. The van der Waals surface area contributed by atoms with Gasteiger partial charge in [-0.2, -0.15) is 9.98 Å². The van der Waals surface area contributed by atoms with E-state index in [9.17, 15) is 4.79 Å². The summed E-state index contributed by atoms with van der Waals surface area (Å²) in [6.07, 6.45) is 1.28. The van der Waals surface area contributed by atoms with Crippen LogP contribution in [0.3, 0.4) is 0 Å². The monoisotopic (exact) mass is 484 g/mol. The Labute approximate surface area is 199 Å². The van der Waals surface area contributed by atoms with Gasteiger partial charge < -0.3 is 18.7 Å². The molecule has 9 nitrogen and oxygen atoms in total. The maximum absolute atomic E-state index is 15.6. The number of aromatic nitrogens is 2. The number of carbonyl (C=O) groups excluding carboxylic acids is 1. The second kappa shape index (κ2) is 10.0. The van der Waals surface area contributed by atoms with E-state index < -0.39 is 11.9 Å². The van der Waals surface area contributed by atoms with Crippen LogP contribution in [0.5, 0.6) is 11.5 Å². The quantitative estimate of drug-likeness (QED) is 0.376. The zero-order valence-corrected chi connectivity index (χ0v) is 19.7. The van der Waals surface area contributed by atoms with Crippen molar-refractivity contribution >= 4 is 34.3 Å². The Morgan fingerprint density at radius 3 is 2.62 bits per heavy atom. The van der Waals surface area contributed by atoms with Crippen LogP contribution in [0.2, 0.25) is 0 Å². The van der Waals surface area contributed by atoms with E-state index in [4.69, 9.17) is 14.0 Å². The lowest BCUT2D eigenvalue weighted by atomic mass is 10.0. The number of methoxy groups -OCH3 is 2. The molecule has 2 heterocycles. The van der Waals surface area contributed by atoms with Gasteiger partial charge in [-0.15, -0.1) is 11.8 Å². The fraction of sp³-hybridized carbons (Fsp3) is 0.261. The number of aliphatic imine (C=N–C) groups is 2. The predicted octanol–water partition coefficient (Wildman–Crippen LogP) is 4.78. The molecule has 0 bridgehead atoms. The Kier molecular flexibility index (Phi) is 6.92. The Morgan fingerprint density at radius 2 is 2.00 bits per heavy atom. The van der Waals surface area contributed by atoms with Crippen molar-refractivity contribution < 1.29 is 27.9 Å². The third-order valence-corrected chi connectivity index (χ3v) is 5.68. The largest absolute Gasteiger partial charge is 0.493 e. The van der Waals surface area contributed by atoms with Crippen LogP contribution in [-0.4, -0.2) is 54.1 Å². The molecular weight excluding hydrogens is 463 g/mol. The van der Waals surface area contributed by atoms with Gasteiger partial charge in [0.25, 0.3) is 0 Å². The van der Waals surface area contributed by atoms with E-state index >= 15 is 4.39 Å². The fourth-order valence-electron chi connectivity index (χ4n) is 3.41. The molecular formula is C23H21FN4O5S. The van der Waals surface area contributed by atoms with Crippen LogP contribution >= 0.6 is 11.8 Å². The van der Waals surface area contributed by atoms with Crippen LogP contribution in [-0.2, 0) is 11.2 Å². The van der Waals surface area contributed by atoms with E-state index in [-0.39, 0.29) is 16.3 Å². The molecule has 4 rings (SSSR count). The molecule has 176 valence electrons. The summed E-state index contributed by atoms with van der Waals surface area (Å²) in [7, 11) is 2.70. The Hall–Kier alpha value is -3.73. The zero-order valence-electron chi connectivity index (χ0n) is 18.9. The summed E-state index contributed by atoms with van der Waals surface area (Å²) in [5.74, 6) is 1.14. The van der Waals surface area contributed by atoms with Gasteiger partial charge >= 0.3 is 6.09 Å². The number of thioether (sulfide) groups is 1. The first-order valence-corrected chi connectivity index (χ1v) is 11.4. The van der Waals surface area contributed by atoms with Gasteiger partial charge in [-0.3, -0.25) is 0 Å². The molecule has 0 spiro atoms. The van der Waals surface area contributed by atoms with Crippen molar-refractivity contribution in [3.8, 4) is 22.9 Å². The van der Waals surface area contributed by atoms with Crippen LogP contribution in [0.15, 0.2) is 44.8 Å². The third kappa shape index (κ3) is 4.65. The van der Waals surface area contributed by atoms with Gasteiger partial charge in [0.15, 0.2) is 11.5 Å². The third-order valence-electron chi connectivity index (χ3n) is 5.01. The number of nitrogens with zero attached hydrogens (tertiary/aromatic N) is 4. The van der Waals surface area contributed by atoms with Crippen LogP contribution in [0.4, 0.5) is 14.9 Å². The molecule has 34 heavy (non-hydrogen) atoms. The first-order chi connectivity index (χ1) is 16.4. The molecule has 0 saturated heterocycles. The minimum absolute atomic E-state index is 0.135. The standard InChI is InChI=1S/C23H21FN4O5S/c1-12-25-21(28-33-12)13-5-7-14(8-6-13)26-19(22(34-4)27-23(29)31-3)16-11-17(30-2)20-15(18(16)24)9-10-32-20/h5-8,11H,9-10H2,1-4H3/b26-19?,27-22-. The summed E-state index contributed by atoms with van der Waals surface area (Å²) in [5, 5.41) is 4.09. The SMILES string of the molecule is COC(=O)/N=C(\SC)C(=Nc1ccc(-c2noc(C)n2)cc1)c1cc(OC)c2c(c1F)CCO2. The molecule has 2 aromatic carbocycles. The number of ether oxygens (including phenoxy) is 3. The molecule has 0 fully saturated rings. The first kappa shape index (κ1) is 23.4. The molecule has 1 amide bonds. The number of carbonyl (C=O) groups is 1. The number of halogens is 1. The number of rotatable bonds is 5. The van der Waals surface area contributed by atoms with E-state index in [1.165, 1.54) is 20.3 Å². The summed E-state index contributed by atoms with van der Waals surface area (Å²) < 4.78 is 36.3. The highest BCUT2D eigenvalue weighted by Gasteiger charge is 2.28. The van der Waals surface area contributed by atoms with Gasteiger partial charge in [-0.05, 0) is 36.6 Å². The average molecular weight is 485 g/mol. The maximum Gasteiger partial charge on any atom is 0.434 e. The molecule has 11 heteroatoms. The number of hydrogen-bond donors (Lipinski definition) is 0. The van der Waals surface area contributed by atoms with Crippen molar-refractivity contribution in [1.82, 2.24) is 10.1 Å². The topological polar surface area (TPSA) is 108 Å². The van der Waals surface area contributed by atoms with Crippen molar-refractivity contribution in [2.75, 3.05) is 27.1 Å². The second-order valence-electron chi connectivity index (χ2n) is 7.08. The van der Waals surface area contributed by atoms with Gasteiger partial charge in [-0.1, -0.05) is 5.16 Å². The minimum Gasteiger partial charge on any atom is -0.493 e. The van der Waals surface area contributed by atoms with Gasteiger partial charge in [0.1, 0.15) is 16.6 Å². The van der Waals surface area contributed by atoms with E-state index in [1.54, 1.807) is 37.4 Å². The number of amides is 1. The summed E-state index contributed by atoms with van der Waals surface area (Å²) >= 11 is 1.14. The van der Waals surface area contributed by atoms with E-state index in [0.29, 0.717) is 47.5 Å². The highest BCUT2D eigenvalue weighted by molar-refractivity contribution is 8.15. The molecule has 3 aromatic rings. The molecule has 1 aliphatic heterocycles. The predicted molar refractivity (Wildman–Crippen MR) is 126 cm³/mol. The zero-order chi connectivity index (χ0) is 24.2. The molecule has 0 N–H and O–H groups in total. The molecule has 0 atom stereocenters. The van der Waals surface area contributed by atoms with Gasteiger partial charge in [0.05, 0.1) is 26.5 Å². The lowest BCUT2D eigenvalue weighted by molar-refractivity contribution is 0.183. The molecule has 1 aromatic heterocycles. The van der Waals surface area contributed by atoms with E-state index in [1.807, 2.05) is 0 Å². The molecule has 0 unspecified atom stereocenters. The molecule has 0 radical (unpaired) electrons. The average Bonchev–Trinajstić information content (AvgIpc) is 3.52. The maximum atomic E-state index is 15.6. The Morgan fingerprint density at radius 1 is 1.24 bits per heavy atom. The smallest absolute Gasteiger partial charge is 0.434 e. The summed E-state index contributed by atoms with van der Waals surface area (Å²) in [6, 6.07) is 8.48. The van der Waals surface area contributed by atoms with Crippen molar-refractivity contribution in [3.63, 3.8) is 0 Å². The van der Waals surface area contributed by atoms with Crippen LogP contribution < -0.4 is 9.47 Å².